The summed E-state index contributed by atoms with van der Waals surface area (Å²) in [5, 5.41) is 28.0. The first kappa shape index (κ1) is 18.8. The van der Waals surface area contributed by atoms with Crippen LogP contribution in [-0.2, 0) is 9.59 Å². The summed E-state index contributed by atoms with van der Waals surface area (Å²) in [7, 11) is 0. The summed E-state index contributed by atoms with van der Waals surface area (Å²) >= 11 is 0. The van der Waals surface area contributed by atoms with Crippen LogP contribution in [0.4, 0.5) is 14.6 Å². The molecule has 2 atom stereocenters. The molecule has 2 heterocycles. The number of hydrazone groups is 1. The second-order valence-corrected chi connectivity index (χ2v) is 6.19. The van der Waals surface area contributed by atoms with Gasteiger partial charge in [0.15, 0.2) is 23.7 Å². The molecule has 0 bridgehead atoms. The third-order valence-electron chi connectivity index (χ3n) is 4.33. The molecule has 2 amide bonds. The van der Waals surface area contributed by atoms with E-state index in [2.05, 4.69) is 31.5 Å². The highest BCUT2D eigenvalue weighted by Crippen LogP contribution is 2.41. The Hall–Kier alpha value is -2.99. The summed E-state index contributed by atoms with van der Waals surface area (Å²) < 4.78 is 26.3. The van der Waals surface area contributed by atoms with Gasteiger partial charge < -0.3 is 21.1 Å². The fraction of sp³-hybridized carbons (Fsp3) is 0.400. The summed E-state index contributed by atoms with van der Waals surface area (Å²) in [5.41, 5.74) is 0.598. The summed E-state index contributed by atoms with van der Waals surface area (Å²) in [6.45, 7) is -0.130. The number of rotatable bonds is 7. The molecule has 27 heavy (non-hydrogen) atoms. The van der Waals surface area contributed by atoms with E-state index in [0.717, 1.165) is 19.0 Å². The first-order valence-electron chi connectivity index (χ1n) is 8.06. The number of hydrogen-bond acceptors (Lipinski definition) is 8. The molecule has 1 saturated heterocycles. The van der Waals surface area contributed by atoms with Crippen molar-refractivity contribution in [2.75, 3.05) is 12.0 Å². The molecular formula is C15H17F2N7O3. The summed E-state index contributed by atoms with van der Waals surface area (Å²) in [4.78, 5) is 27.8. The number of aromatic nitrogens is 1. The average Bonchev–Trinajstić information content (AvgIpc) is 3.42. The molecule has 2 fully saturated rings. The predicted molar refractivity (Wildman–Crippen MR) is 89.7 cm³/mol. The smallest absolute Gasteiger partial charge is 0.273 e. The summed E-state index contributed by atoms with van der Waals surface area (Å²) in [5.74, 6) is -3.57. The molecule has 0 spiro atoms. The molecule has 1 unspecified atom stereocenters. The van der Waals surface area contributed by atoms with Gasteiger partial charge in [0.1, 0.15) is 11.4 Å². The lowest BCUT2D eigenvalue weighted by Crippen LogP contribution is -2.58. The van der Waals surface area contributed by atoms with E-state index in [4.69, 9.17) is 5.41 Å². The van der Waals surface area contributed by atoms with Crippen molar-refractivity contribution in [1.82, 2.24) is 20.9 Å². The fourth-order valence-corrected chi connectivity index (χ4v) is 2.82. The van der Waals surface area contributed by atoms with Crippen molar-refractivity contribution < 1.29 is 23.5 Å². The van der Waals surface area contributed by atoms with Gasteiger partial charge in [0.05, 0.1) is 12.4 Å². The Bertz CT molecular complexity index is 815. The normalized spacial score (nSPS) is 25.1. The SMILES string of the molecule is N=C/C(=N\Nc1ncc(F)cc1F)C(=O)NC[C@@]1(C2CC2)NC(O)NC1=O. The van der Waals surface area contributed by atoms with Crippen molar-refractivity contribution in [3.8, 4) is 0 Å². The minimum absolute atomic E-state index is 0.0362. The molecule has 0 radical (unpaired) electrons. The maximum atomic E-state index is 13.5. The van der Waals surface area contributed by atoms with Gasteiger partial charge in [-0.15, -0.1) is 0 Å². The molecule has 1 aromatic heterocycles. The van der Waals surface area contributed by atoms with Crippen LogP contribution in [0.15, 0.2) is 17.4 Å². The van der Waals surface area contributed by atoms with Crippen LogP contribution < -0.4 is 21.4 Å². The molecule has 2 aliphatic rings. The van der Waals surface area contributed by atoms with E-state index in [0.29, 0.717) is 12.3 Å². The summed E-state index contributed by atoms with van der Waals surface area (Å²) in [6.07, 6.45) is 1.72. The average molecular weight is 381 g/mol. The molecule has 10 nitrogen and oxygen atoms in total. The second-order valence-electron chi connectivity index (χ2n) is 6.19. The number of amides is 2. The molecule has 1 aliphatic carbocycles. The van der Waals surface area contributed by atoms with E-state index in [9.17, 15) is 23.5 Å². The van der Waals surface area contributed by atoms with Crippen molar-refractivity contribution in [3.63, 3.8) is 0 Å². The van der Waals surface area contributed by atoms with Crippen molar-refractivity contribution in [3.05, 3.63) is 23.9 Å². The summed E-state index contributed by atoms with van der Waals surface area (Å²) in [6, 6.07) is 0.587. The monoisotopic (exact) mass is 381 g/mol. The fourth-order valence-electron chi connectivity index (χ4n) is 2.82. The number of carbonyl (C=O) groups is 2. The van der Waals surface area contributed by atoms with Gasteiger partial charge in [0.2, 0.25) is 5.91 Å². The van der Waals surface area contributed by atoms with Gasteiger partial charge in [-0.1, -0.05) is 0 Å². The van der Waals surface area contributed by atoms with E-state index in [1.165, 1.54) is 0 Å². The Balaban J connectivity index is 1.66. The zero-order valence-electron chi connectivity index (χ0n) is 13.9. The number of hydrogen-bond donors (Lipinski definition) is 6. The van der Waals surface area contributed by atoms with E-state index in [-0.39, 0.29) is 12.5 Å². The first-order valence-corrected chi connectivity index (χ1v) is 8.06. The number of carbonyl (C=O) groups excluding carboxylic acids is 2. The lowest BCUT2D eigenvalue weighted by Gasteiger charge is -2.26. The topological polar surface area (TPSA) is 152 Å². The van der Waals surface area contributed by atoms with Crippen LogP contribution in [0.1, 0.15) is 12.8 Å². The number of anilines is 1. The quantitative estimate of drug-likeness (QED) is 0.264. The number of pyridine rings is 1. The van der Waals surface area contributed by atoms with Crippen molar-refractivity contribution in [2.24, 2.45) is 11.0 Å². The largest absolute Gasteiger partial charge is 0.361 e. The van der Waals surface area contributed by atoms with Crippen LogP contribution in [0.3, 0.4) is 0 Å². The Kier molecular flexibility index (Phi) is 5.10. The highest BCUT2D eigenvalue weighted by molar-refractivity contribution is 6.60. The zero-order chi connectivity index (χ0) is 19.6. The lowest BCUT2D eigenvalue weighted by atomic mass is 9.93. The van der Waals surface area contributed by atoms with Crippen molar-refractivity contribution in [1.29, 1.82) is 5.41 Å². The minimum Gasteiger partial charge on any atom is -0.361 e. The molecule has 6 N–H and O–H groups in total. The Morgan fingerprint density at radius 2 is 2.26 bits per heavy atom. The molecule has 0 aromatic carbocycles. The van der Waals surface area contributed by atoms with Crippen LogP contribution in [0, 0.1) is 23.0 Å². The molecular weight excluding hydrogens is 364 g/mol. The number of aliphatic hydroxyl groups is 1. The van der Waals surface area contributed by atoms with Crippen molar-refractivity contribution >= 4 is 29.6 Å². The number of nitrogens with zero attached hydrogens (tertiary/aromatic N) is 2. The highest BCUT2D eigenvalue weighted by Gasteiger charge is 2.55. The van der Waals surface area contributed by atoms with Gasteiger partial charge in [-0.2, -0.15) is 5.10 Å². The zero-order valence-corrected chi connectivity index (χ0v) is 13.9. The van der Waals surface area contributed by atoms with E-state index < -0.39 is 46.9 Å². The number of aliphatic hydroxyl groups excluding tert-OH is 1. The maximum Gasteiger partial charge on any atom is 0.273 e. The lowest BCUT2D eigenvalue weighted by molar-refractivity contribution is -0.125. The van der Waals surface area contributed by atoms with E-state index >= 15 is 0 Å². The van der Waals surface area contributed by atoms with E-state index in [1.54, 1.807) is 0 Å². The third kappa shape index (κ3) is 3.90. The second kappa shape index (κ2) is 7.32. The van der Waals surface area contributed by atoms with Gasteiger partial charge in [0.25, 0.3) is 5.91 Å². The highest BCUT2D eigenvalue weighted by atomic mass is 19.1. The molecule has 1 saturated carbocycles. The van der Waals surface area contributed by atoms with Crippen LogP contribution in [0.25, 0.3) is 0 Å². The van der Waals surface area contributed by atoms with Crippen LogP contribution in [-0.4, -0.2) is 52.3 Å². The van der Waals surface area contributed by atoms with Gasteiger partial charge >= 0.3 is 0 Å². The molecule has 1 aliphatic heterocycles. The Morgan fingerprint density at radius 3 is 2.81 bits per heavy atom. The van der Waals surface area contributed by atoms with Crippen LogP contribution in [0.5, 0.6) is 0 Å². The number of nitrogens with one attached hydrogen (secondary N) is 5. The standard InChI is InChI=1S/C15H17F2N7O3/c16-8-3-9(17)11(19-5-8)24-23-10(4-18)12(25)20-6-15(7-1-2-7)13(26)21-14(27)22-15/h3-5,7,14,18,22,27H,1-2,6H2,(H,19,24)(H,20,25)(H,21,26)/b18-4?,23-10+/t14?,15-/m0/s1. The molecule has 144 valence electrons. The first-order chi connectivity index (χ1) is 12.9. The molecule has 3 rings (SSSR count). The molecule has 1 aromatic rings. The van der Waals surface area contributed by atoms with Crippen molar-refractivity contribution in [2.45, 2.75) is 24.7 Å². The van der Waals surface area contributed by atoms with Gasteiger partial charge in [-0.3, -0.25) is 20.3 Å². The van der Waals surface area contributed by atoms with Gasteiger partial charge in [0, 0.05) is 12.6 Å². The third-order valence-corrected chi connectivity index (χ3v) is 4.33. The molecule has 12 heteroatoms. The van der Waals surface area contributed by atoms with E-state index in [1.807, 2.05) is 0 Å². The number of halogens is 2. The van der Waals surface area contributed by atoms with Gasteiger partial charge in [-0.25, -0.2) is 13.8 Å². The Labute approximate surface area is 151 Å². The Morgan fingerprint density at radius 1 is 1.52 bits per heavy atom. The van der Waals surface area contributed by atoms with Crippen LogP contribution in [0.2, 0.25) is 0 Å². The maximum absolute atomic E-state index is 13.5. The predicted octanol–water partition coefficient (Wildman–Crippen LogP) is -0.962. The van der Waals surface area contributed by atoms with Gasteiger partial charge in [-0.05, 0) is 18.8 Å². The van der Waals surface area contributed by atoms with Crippen LogP contribution >= 0.6 is 0 Å². The minimum atomic E-state index is -1.21.